The molecule has 1 aliphatic rings. The van der Waals surface area contributed by atoms with Crippen molar-refractivity contribution in [1.82, 2.24) is 0 Å². The monoisotopic (exact) mass is 413 g/mol. The van der Waals surface area contributed by atoms with Crippen LogP contribution >= 0.6 is 0 Å². The fourth-order valence-corrected chi connectivity index (χ4v) is 4.17. The SMILES string of the molecule is CC(=O)N1c2cc(C#N)c(-c3ccc(S(C)(=O)=O)cc3)cc2N(C(=O)O)CC1C. The van der Waals surface area contributed by atoms with Crippen molar-refractivity contribution >= 4 is 33.2 Å². The number of amides is 2. The minimum Gasteiger partial charge on any atom is -0.465 e. The average molecular weight is 413 g/mol. The molecule has 0 bridgehead atoms. The molecule has 1 aliphatic heterocycles. The molecule has 150 valence electrons. The zero-order chi connectivity index (χ0) is 21.5. The van der Waals surface area contributed by atoms with Gasteiger partial charge in [-0.1, -0.05) is 12.1 Å². The fraction of sp³-hybridized carbons (Fsp3) is 0.250. The van der Waals surface area contributed by atoms with Gasteiger partial charge in [-0.3, -0.25) is 9.69 Å². The highest BCUT2D eigenvalue weighted by molar-refractivity contribution is 7.90. The van der Waals surface area contributed by atoms with Crippen molar-refractivity contribution in [1.29, 1.82) is 5.26 Å². The number of nitrogens with zero attached hydrogens (tertiary/aromatic N) is 3. The van der Waals surface area contributed by atoms with Crippen LogP contribution in [0.2, 0.25) is 0 Å². The second-order valence-corrected chi connectivity index (χ2v) is 8.94. The maximum Gasteiger partial charge on any atom is 0.411 e. The van der Waals surface area contributed by atoms with Crippen LogP contribution in [0.1, 0.15) is 19.4 Å². The van der Waals surface area contributed by atoms with Crippen LogP contribution in [-0.2, 0) is 14.6 Å². The predicted octanol–water partition coefficient (Wildman–Crippen LogP) is 2.87. The first-order chi connectivity index (χ1) is 13.5. The Bertz CT molecular complexity index is 1150. The first kappa shape index (κ1) is 20.4. The molecular weight excluding hydrogens is 394 g/mol. The van der Waals surface area contributed by atoms with Gasteiger partial charge in [-0.2, -0.15) is 5.26 Å². The van der Waals surface area contributed by atoms with Crippen molar-refractivity contribution in [2.24, 2.45) is 0 Å². The van der Waals surface area contributed by atoms with Gasteiger partial charge in [-0.15, -0.1) is 0 Å². The number of anilines is 2. The zero-order valence-electron chi connectivity index (χ0n) is 16.1. The maximum atomic E-state index is 12.2. The maximum absolute atomic E-state index is 12.2. The van der Waals surface area contributed by atoms with Crippen LogP contribution in [0.3, 0.4) is 0 Å². The number of benzene rings is 2. The minimum atomic E-state index is -3.37. The Balaban J connectivity index is 2.23. The molecule has 0 aliphatic carbocycles. The van der Waals surface area contributed by atoms with E-state index in [-0.39, 0.29) is 29.0 Å². The number of hydrogen-bond donors (Lipinski definition) is 1. The summed E-state index contributed by atoms with van der Waals surface area (Å²) in [6, 6.07) is 10.8. The molecule has 1 N–H and O–H groups in total. The van der Waals surface area contributed by atoms with Crippen molar-refractivity contribution in [2.45, 2.75) is 24.8 Å². The van der Waals surface area contributed by atoms with Gasteiger partial charge in [0.15, 0.2) is 9.84 Å². The Morgan fingerprint density at radius 2 is 1.79 bits per heavy atom. The highest BCUT2D eigenvalue weighted by atomic mass is 32.2. The summed E-state index contributed by atoms with van der Waals surface area (Å²) >= 11 is 0. The molecule has 0 spiro atoms. The molecule has 2 aromatic carbocycles. The first-order valence-electron chi connectivity index (χ1n) is 8.73. The van der Waals surface area contributed by atoms with E-state index in [0.717, 1.165) is 11.2 Å². The van der Waals surface area contributed by atoms with Crippen LogP contribution < -0.4 is 9.80 Å². The summed E-state index contributed by atoms with van der Waals surface area (Å²) in [7, 11) is -3.37. The number of fused-ring (bicyclic) bond motifs is 1. The molecule has 1 atom stereocenters. The predicted molar refractivity (Wildman–Crippen MR) is 108 cm³/mol. The van der Waals surface area contributed by atoms with E-state index in [0.29, 0.717) is 22.5 Å². The van der Waals surface area contributed by atoms with Gasteiger partial charge in [0.1, 0.15) is 0 Å². The molecule has 1 heterocycles. The highest BCUT2D eigenvalue weighted by Gasteiger charge is 2.34. The second-order valence-electron chi connectivity index (χ2n) is 6.93. The summed E-state index contributed by atoms with van der Waals surface area (Å²) in [5, 5.41) is 19.3. The summed E-state index contributed by atoms with van der Waals surface area (Å²) in [6.45, 7) is 3.23. The number of carboxylic acid groups (broad SMARTS) is 1. The molecule has 0 aromatic heterocycles. The van der Waals surface area contributed by atoms with Crippen LogP contribution in [0, 0.1) is 11.3 Å². The van der Waals surface area contributed by atoms with E-state index in [9.17, 15) is 28.4 Å². The molecule has 0 saturated heterocycles. The average Bonchev–Trinajstić information content (AvgIpc) is 2.65. The van der Waals surface area contributed by atoms with Crippen molar-refractivity contribution in [3.63, 3.8) is 0 Å². The van der Waals surface area contributed by atoms with Crippen molar-refractivity contribution < 1.29 is 23.1 Å². The lowest BCUT2D eigenvalue weighted by molar-refractivity contribution is -0.117. The Kier molecular flexibility index (Phi) is 5.07. The minimum absolute atomic E-state index is 0.0975. The lowest BCUT2D eigenvalue weighted by atomic mass is 9.96. The molecule has 0 radical (unpaired) electrons. The summed E-state index contributed by atoms with van der Waals surface area (Å²) in [4.78, 5) is 26.7. The van der Waals surface area contributed by atoms with E-state index < -0.39 is 15.9 Å². The summed E-state index contributed by atoms with van der Waals surface area (Å²) < 4.78 is 23.4. The molecule has 29 heavy (non-hydrogen) atoms. The number of hydrogen-bond acceptors (Lipinski definition) is 5. The van der Waals surface area contributed by atoms with Gasteiger partial charge in [-0.05, 0) is 36.8 Å². The number of rotatable bonds is 2. The number of sulfone groups is 1. The first-order valence-corrected chi connectivity index (χ1v) is 10.6. The van der Waals surface area contributed by atoms with Crippen LogP contribution in [0.4, 0.5) is 16.2 Å². The van der Waals surface area contributed by atoms with Gasteiger partial charge in [0.2, 0.25) is 5.91 Å². The molecule has 2 aromatic rings. The van der Waals surface area contributed by atoms with Crippen LogP contribution in [0.25, 0.3) is 11.1 Å². The van der Waals surface area contributed by atoms with Crippen LogP contribution in [0.15, 0.2) is 41.3 Å². The third-order valence-corrected chi connectivity index (χ3v) is 5.97. The van der Waals surface area contributed by atoms with E-state index in [1.54, 1.807) is 25.1 Å². The third-order valence-electron chi connectivity index (χ3n) is 4.84. The van der Waals surface area contributed by atoms with E-state index in [4.69, 9.17) is 0 Å². The quantitative estimate of drug-likeness (QED) is 0.809. The molecule has 2 amide bonds. The van der Waals surface area contributed by atoms with Crippen molar-refractivity contribution in [3.8, 4) is 17.2 Å². The molecule has 3 rings (SSSR count). The Labute approximate surface area is 168 Å². The van der Waals surface area contributed by atoms with Crippen molar-refractivity contribution in [2.75, 3.05) is 22.6 Å². The molecule has 8 nitrogen and oxygen atoms in total. The normalized spacial score (nSPS) is 16.1. The molecule has 9 heteroatoms. The Morgan fingerprint density at radius 3 is 2.28 bits per heavy atom. The van der Waals surface area contributed by atoms with Gasteiger partial charge in [0.05, 0.1) is 33.9 Å². The standard InChI is InChI=1S/C20H19N3O5S/c1-12-11-22(20(25)26)18-9-17(14-4-6-16(7-5-14)29(3,27)28)15(10-21)8-19(18)23(12)13(2)24/h4-9,12H,11H2,1-3H3,(H,25,26). The summed E-state index contributed by atoms with van der Waals surface area (Å²) in [6.07, 6.45) is -0.0616. The Morgan fingerprint density at radius 1 is 1.17 bits per heavy atom. The van der Waals surface area contributed by atoms with E-state index >= 15 is 0 Å². The largest absolute Gasteiger partial charge is 0.465 e. The van der Waals surface area contributed by atoms with Gasteiger partial charge in [0, 0.05) is 25.3 Å². The van der Waals surface area contributed by atoms with Gasteiger partial charge in [-0.25, -0.2) is 13.2 Å². The van der Waals surface area contributed by atoms with Gasteiger partial charge in [0.25, 0.3) is 0 Å². The molecule has 1 unspecified atom stereocenters. The van der Waals surface area contributed by atoms with Gasteiger partial charge >= 0.3 is 6.09 Å². The fourth-order valence-electron chi connectivity index (χ4n) is 3.54. The second kappa shape index (κ2) is 7.22. The van der Waals surface area contributed by atoms with Crippen LogP contribution in [0.5, 0.6) is 0 Å². The van der Waals surface area contributed by atoms with Crippen molar-refractivity contribution in [3.05, 3.63) is 42.0 Å². The lowest BCUT2D eigenvalue weighted by Crippen LogP contribution is -2.51. The lowest BCUT2D eigenvalue weighted by Gasteiger charge is -2.40. The summed E-state index contributed by atoms with van der Waals surface area (Å²) in [5.74, 6) is -0.252. The van der Waals surface area contributed by atoms with Gasteiger partial charge < -0.3 is 10.0 Å². The highest BCUT2D eigenvalue weighted by Crippen LogP contribution is 2.41. The van der Waals surface area contributed by atoms with Crippen LogP contribution in [-0.4, -0.2) is 44.4 Å². The molecular formula is C20H19N3O5S. The van der Waals surface area contributed by atoms with E-state index in [2.05, 4.69) is 6.07 Å². The van der Waals surface area contributed by atoms with E-state index in [1.807, 2.05) is 0 Å². The van der Waals surface area contributed by atoms with E-state index in [1.165, 1.54) is 30.0 Å². The Hall–Kier alpha value is -3.38. The third kappa shape index (κ3) is 3.67. The zero-order valence-corrected chi connectivity index (χ0v) is 16.9. The topological polar surface area (TPSA) is 119 Å². The number of carbonyl (C=O) groups excluding carboxylic acids is 1. The molecule has 0 fully saturated rings. The number of carbonyl (C=O) groups is 2. The smallest absolute Gasteiger partial charge is 0.411 e. The molecule has 0 saturated carbocycles. The summed E-state index contributed by atoms with van der Waals surface area (Å²) in [5.41, 5.74) is 1.92. The number of nitriles is 1.